The molecule has 0 amide bonds. The fourth-order valence-corrected chi connectivity index (χ4v) is 8.45. The van der Waals surface area contributed by atoms with Crippen molar-refractivity contribution in [3.8, 4) is 45.3 Å². The molecule has 1 aliphatic heterocycles. The molecule has 0 unspecified atom stereocenters. The lowest BCUT2D eigenvalue weighted by molar-refractivity contribution is -0.0617. The summed E-state index contributed by atoms with van der Waals surface area (Å²) in [4.78, 5) is 62.4. The SMILES string of the molecule is COc1ccc(-n2c(=O)c3c(-c4ccccc4OC)cc(-c4ccccc4O)nc3n([C@@H]3O[C@H](COC(=O)c4ccccc4)[C@@H](OC(=O)c4ccccc4)[C@@H]3OC(=O)c3ccccc3)c2=S)cc1. The molecule has 6 aromatic carbocycles. The molecule has 0 radical (unpaired) electrons. The number of aromatic nitrogens is 3. The first-order valence-electron chi connectivity index (χ1n) is 21.3. The maximum atomic E-state index is 15.4. The molecule has 9 rings (SSSR count). The van der Waals surface area contributed by atoms with Crippen molar-refractivity contribution in [2.75, 3.05) is 20.8 Å². The molecule has 8 aromatic rings. The van der Waals surface area contributed by atoms with Crippen LogP contribution in [0.4, 0.5) is 0 Å². The molecule has 1 fully saturated rings. The van der Waals surface area contributed by atoms with E-state index in [1.54, 1.807) is 164 Å². The van der Waals surface area contributed by atoms with Gasteiger partial charge in [0, 0.05) is 16.7 Å². The van der Waals surface area contributed by atoms with Crippen LogP contribution in [0, 0.1) is 4.77 Å². The molecular weight excluding hydrogens is 887 g/mol. The zero-order valence-electron chi connectivity index (χ0n) is 36.5. The van der Waals surface area contributed by atoms with E-state index in [0.29, 0.717) is 33.9 Å². The number of para-hydroxylation sites is 2. The molecule has 14 nitrogen and oxygen atoms in total. The molecule has 4 atom stereocenters. The molecule has 68 heavy (non-hydrogen) atoms. The normalized spacial score (nSPS) is 16.4. The van der Waals surface area contributed by atoms with Crippen LogP contribution >= 0.6 is 12.2 Å². The molecule has 1 saturated heterocycles. The highest BCUT2D eigenvalue weighted by molar-refractivity contribution is 7.71. The highest BCUT2D eigenvalue weighted by atomic mass is 32.1. The van der Waals surface area contributed by atoms with E-state index in [9.17, 15) is 19.5 Å². The summed E-state index contributed by atoms with van der Waals surface area (Å²) in [7, 11) is 3.02. The van der Waals surface area contributed by atoms with Crippen LogP contribution in [-0.4, -0.2) is 76.3 Å². The monoisotopic (exact) mass is 927 g/mol. The van der Waals surface area contributed by atoms with Crippen LogP contribution < -0.4 is 15.0 Å². The van der Waals surface area contributed by atoms with Crippen molar-refractivity contribution in [2.24, 2.45) is 0 Å². The lowest BCUT2D eigenvalue weighted by Crippen LogP contribution is -2.42. The molecule has 0 saturated carbocycles. The zero-order chi connectivity index (χ0) is 47.3. The minimum atomic E-state index is -1.56. The first-order chi connectivity index (χ1) is 33.1. The van der Waals surface area contributed by atoms with Gasteiger partial charge in [0.15, 0.2) is 28.9 Å². The van der Waals surface area contributed by atoms with Crippen molar-refractivity contribution in [1.82, 2.24) is 14.1 Å². The molecule has 0 aliphatic carbocycles. The van der Waals surface area contributed by atoms with Gasteiger partial charge in [-0.15, -0.1) is 0 Å². The van der Waals surface area contributed by atoms with E-state index in [0.717, 1.165) is 0 Å². The number of carbonyl (C=O) groups is 3. The van der Waals surface area contributed by atoms with Crippen LogP contribution in [0.25, 0.3) is 39.1 Å². The maximum Gasteiger partial charge on any atom is 0.338 e. The zero-order valence-corrected chi connectivity index (χ0v) is 37.3. The number of hydrogen-bond donors (Lipinski definition) is 1. The van der Waals surface area contributed by atoms with Crippen LogP contribution in [0.1, 0.15) is 37.3 Å². The average molecular weight is 928 g/mol. The van der Waals surface area contributed by atoms with Crippen LogP contribution in [0.15, 0.2) is 175 Å². The van der Waals surface area contributed by atoms with Crippen molar-refractivity contribution in [3.05, 3.63) is 202 Å². The van der Waals surface area contributed by atoms with Crippen LogP contribution in [0.2, 0.25) is 0 Å². The fourth-order valence-electron chi connectivity index (χ4n) is 8.07. The highest BCUT2D eigenvalue weighted by Gasteiger charge is 2.52. The third-order valence-corrected chi connectivity index (χ3v) is 11.8. The molecule has 340 valence electrons. The third-order valence-electron chi connectivity index (χ3n) is 11.4. The molecule has 3 heterocycles. The second kappa shape index (κ2) is 19.6. The minimum Gasteiger partial charge on any atom is -0.507 e. The number of phenolic OH excluding ortho intramolecular Hbond substituents is 1. The van der Waals surface area contributed by atoms with Gasteiger partial charge < -0.3 is 33.5 Å². The van der Waals surface area contributed by atoms with E-state index in [2.05, 4.69) is 0 Å². The number of phenols is 1. The van der Waals surface area contributed by atoms with Crippen LogP contribution in [0.5, 0.6) is 17.2 Å². The summed E-state index contributed by atoms with van der Waals surface area (Å²) in [5.74, 6) is -1.50. The number of ether oxygens (including phenoxy) is 6. The largest absolute Gasteiger partial charge is 0.507 e. The topological polar surface area (TPSA) is 167 Å². The van der Waals surface area contributed by atoms with Gasteiger partial charge in [0.05, 0.1) is 47.7 Å². The van der Waals surface area contributed by atoms with E-state index in [1.165, 1.54) is 29.4 Å². The number of nitrogens with zero attached hydrogens (tertiary/aromatic N) is 3. The minimum absolute atomic E-state index is 0.0200. The Kier molecular flexibility index (Phi) is 12.9. The Balaban J connectivity index is 1.34. The van der Waals surface area contributed by atoms with Gasteiger partial charge in [-0.3, -0.25) is 13.9 Å². The van der Waals surface area contributed by atoms with E-state index in [4.69, 9.17) is 45.6 Å². The van der Waals surface area contributed by atoms with E-state index < -0.39 is 54.6 Å². The summed E-state index contributed by atoms with van der Waals surface area (Å²) in [6, 6.07) is 46.6. The number of carbonyl (C=O) groups excluding carboxylic acids is 3. The molecule has 0 spiro atoms. The number of esters is 3. The maximum absolute atomic E-state index is 15.4. The number of fused-ring (bicyclic) bond motifs is 1. The molecule has 2 aromatic heterocycles. The summed E-state index contributed by atoms with van der Waals surface area (Å²) in [5.41, 5.74) is 1.59. The molecule has 1 aliphatic rings. The Morgan fingerprint density at radius 2 is 1.19 bits per heavy atom. The first kappa shape index (κ1) is 44.8. The summed E-state index contributed by atoms with van der Waals surface area (Å²) in [5, 5.41) is 11.3. The van der Waals surface area contributed by atoms with Crippen molar-refractivity contribution >= 4 is 41.2 Å². The van der Waals surface area contributed by atoms with Crippen LogP contribution in [0.3, 0.4) is 0 Å². The Morgan fingerprint density at radius 3 is 1.78 bits per heavy atom. The van der Waals surface area contributed by atoms with Gasteiger partial charge in [-0.25, -0.2) is 19.4 Å². The van der Waals surface area contributed by atoms with Gasteiger partial charge in [-0.1, -0.05) is 84.9 Å². The summed E-state index contributed by atoms with van der Waals surface area (Å²) in [6.07, 6.45) is -5.90. The number of methoxy groups -OCH3 is 2. The van der Waals surface area contributed by atoms with Crippen LogP contribution in [-0.2, 0) is 18.9 Å². The van der Waals surface area contributed by atoms with Gasteiger partial charge in [0.25, 0.3) is 5.56 Å². The standard InChI is InChI=1S/C53H41N3O11S/c1-62-36-28-26-35(27-29-36)55-48(58)44-39(37-22-13-15-25-42(37)63-2)30-40(38-23-12-14-24-41(38)57)54-47(44)56(53(55)68)49-46(67-52(61)34-20-10-5-11-21-34)45(66-51(60)33-18-8-4-9-19-33)43(65-49)31-64-50(59)32-16-6-3-7-17-32/h3-30,43,45-46,49,57H,31H2,1-2H3/t43-,45-,46+,49-/m1/s1. The van der Waals surface area contributed by atoms with Crippen molar-refractivity contribution < 1.29 is 47.9 Å². The Hall–Kier alpha value is -8.40. The second-order valence-electron chi connectivity index (χ2n) is 15.5. The van der Waals surface area contributed by atoms with Crippen molar-refractivity contribution in [2.45, 2.75) is 24.5 Å². The number of rotatable bonds is 13. The van der Waals surface area contributed by atoms with Crippen molar-refractivity contribution in [3.63, 3.8) is 0 Å². The van der Waals surface area contributed by atoms with Gasteiger partial charge in [-0.2, -0.15) is 0 Å². The number of pyridine rings is 1. The number of benzene rings is 6. The fraction of sp³-hybridized carbons (Fsp3) is 0.132. The Labute approximate surface area is 394 Å². The highest BCUT2D eigenvalue weighted by Crippen LogP contribution is 2.42. The van der Waals surface area contributed by atoms with Crippen molar-refractivity contribution in [1.29, 1.82) is 0 Å². The predicted molar refractivity (Wildman–Crippen MR) is 254 cm³/mol. The third kappa shape index (κ3) is 8.83. The van der Waals surface area contributed by atoms with E-state index in [1.807, 2.05) is 0 Å². The van der Waals surface area contributed by atoms with Gasteiger partial charge in [-0.05, 0) is 97.1 Å². The summed E-state index contributed by atoms with van der Waals surface area (Å²) >= 11 is 6.32. The lowest BCUT2D eigenvalue weighted by Gasteiger charge is -2.27. The number of aromatic hydroxyl groups is 1. The van der Waals surface area contributed by atoms with Gasteiger partial charge in [0.1, 0.15) is 30.0 Å². The predicted octanol–water partition coefficient (Wildman–Crippen LogP) is 9.18. The summed E-state index contributed by atoms with van der Waals surface area (Å²) in [6.45, 7) is -0.497. The lowest BCUT2D eigenvalue weighted by atomic mass is 9.98. The molecule has 1 N–H and O–H groups in total. The Bertz CT molecular complexity index is 3270. The number of hydrogen-bond acceptors (Lipinski definition) is 13. The smallest absolute Gasteiger partial charge is 0.338 e. The Morgan fingerprint density at radius 1 is 0.647 bits per heavy atom. The molecule has 0 bridgehead atoms. The average Bonchev–Trinajstić information content (AvgIpc) is 3.70. The summed E-state index contributed by atoms with van der Waals surface area (Å²) < 4.78 is 39.2. The second-order valence-corrected chi connectivity index (χ2v) is 15.8. The van der Waals surface area contributed by atoms with E-state index in [-0.39, 0.29) is 43.9 Å². The van der Waals surface area contributed by atoms with Gasteiger partial charge >= 0.3 is 17.9 Å². The van der Waals surface area contributed by atoms with Gasteiger partial charge in [0.2, 0.25) is 0 Å². The molecular formula is C53H41N3O11S. The quantitative estimate of drug-likeness (QED) is 0.0661. The molecule has 15 heteroatoms. The van der Waals surface area contributed by atoms with E-state index >= 15 is 4.79 Å². The first-order valence-corrected chi connectivity index (χ1v) is 21.7.